The molecule has 0 fully saturated rings. The maximum absolute atomic E-state index is 3.70. The maximum Gasteiger partial charge on any atom is 4.00 e. The number of hydrogen-bond donors (Lipinski definition) is 0. The summed E-state index contributed by atoms with van der Waals surface area (Å²) in [6.07, 6.45) is 0. The van der Waals surface area contributed by atoms with Crippen LogP contribution in [0.3, 0.4) is 0 Å². The van der Waals surface area contributed by atoms with Crippen molar-refractivity contribution in [1.29, 1.82) is 0 Å². The number of nitrogens with zero attached hydrogens (tertiary/aromatic N) is 4. The number of aryl methyl sites for hydroxylation is 6. The monoisotopic (exact) mass is 1090 g/mol. The summed E-state index contributed by atoms with van der Waals surface area (Å²) < 4.78 is 0. The zero-order valence-electron chi connectivity index (χ0n) is 42.6. The zero-order valence-corrected chi connectivity index (χ0v) is 44.9. The van der Waals surface area contributed by atoms with E-state index in [0.29, 0.717) is 0 Å². The molecule has 70 heavy (non-hydrogen) atoms. The molecule has 8 aromatic carbocycles. The first-order valence-electron chi connectivity index (χ1n) is 24.5. The molecule has 352 valence electrons. The van der Waals surface area contributed by atoms with Crippen LogP contribution in [0.1, 0.15) is 97.2 Å². The van der Waals surface area contributed by atoms with Crippen molar-refractivity contribution < 1.29 is 21.1 Å². The van der Waals surface area contributed by atoms with Gasteiger partial charge in [-0.25, -0.2) is 0 Å². The number of para-hydroxylation sites is 4. The number of anilines is 6. The Morgan fingerprint density at radius 1 is 0.429 bits per heavy atom. The van der Waals surface area contributed by atoms with Gasteiger partial charge in [0.05, 0.1) is 0 Å². The van der Waals surface area contributed by atoms with Crippen molar-refractivity contribution in [1.82, 2.24) is 0 Å². The van der Waals surface area contributed by atoms with Gasteiger partial charge in [-0.15, -0.1) is 48.0 Å². The average molecular weight is 1090 g/mol. The Kier molecular flexibility index (Phi) is 11.6. The van der Waals surface area contributed by atoms with E-state index in [1.807, 2.05) is 0 Å². The molecule has 8 aromatic rings. The van der Waals surface area contributed by atoms with Crippen molar-refractivity contribution >= 4 is 34.1 Å². The third-order valence-electron chi connectivity index (χ3n) is 14.8. The van der Waals surface area contributed by atoms with E-state index in [0.717, 1.165) is 34.1 Å². The van der Waals surface area contributed by atoms with Crippen LogP contribution in [-0.4, -0.2) is 0 Å². The molecule has 5 heteroatoms. The second-order valence-corrected chi connectivity index (χ2v) is 21.9. The molecule has 11 rings (SSSR count). The summed E-state index contributed by atoms with van der Waals surface area (Å²) in [5.74, 6) is 0. The number of hydrogen-bond acceptors (Lipinski definition) is 4. The molecule has 0 saturated heterocycles. The molecule has 2 aliphatic heterocycles. The summed E-state index contributed by atoms with van der Waals surface area (Å²) >= 11 is 0. The molecule has 0 radical (unpaired) electrons. The molecule has 0 atom stereocenters. The van der Waals surface area contributed by atoms with E-state index in [9.17, 15) is 0 Å². The van der Waals surface area contributed by atoms with Crippen LogP contribution in [0.25, 0.3) is 33.4 Å². The number of rotatable bonds is 6. The first-order valence-corrected chi connectivity index (χ1v) is 24.5. The van der Waals surface area contributed by atoms with Gasteiger partial charge in [0, 0.05) is 33.9 Å². The summed E-state index contributed by atoms with van der Waals surface area (Å²) in [6.45, 7) is 31.9. The van der Waals surface area contributed by atoms with E-state index >= 15 is 0 Å². The maximum atomic E-state index is 3.70. The second-order valence-electron chi connectivity index (χ2n) is 21.9. The minimum absolute atomic E-state index is 0. The van der Waals surface area contributed by atoms with Crippen molar-refractivity contribution in [2.24, 2.45) is 0 Å². The van der Waals surface area contributed by atoms with Gasteiger partial charge in [-0.3, -0.25) is 0 Å². The summed E-state index contributed by atoms with van der Waals surface area (Å²) in [4.78, 5) is 9.82. The average Bonchev–Trinajstić information content (AvgIpc) is 3.97. The topological polar surface area (TPSA) is 13.0 Å². The third-order valence-corrected chi connectivity index (χ3v) is 14.8. The van der Waals surface area contributed by atoms with Gasteiger partial charge in [-0.05, 0) is 132 Å². The van der Waals surface area contributed by atoms with Gasteiger partial charge in [0.1, 0.15) is 5.66 Å². The number of benzene rings is 8. The summed E-state index contributed by atoms with van der Waals surface area (Å²) in [7, 11) is 0. The molecule has 0 saturated carbocycles. The van der Waals surface area contributed by atoms with Gasteiger partial charge in [-0.1, -0.05) is 138 Å². The Morgan fingerprint density at radius 2 is 0.786 bits per heavy atom. The molecule has 0 bridgehead atoms. The van der Waals surface area contributed by atoms with E-state index in [1.54, 1.807) is 0 Å². The Labute approximate surface area is 431 Å². The summed E-state index contributed by atoms with van der Waals surface area (Å²) in [5, 5.41) is 0. The van der Waals surface area contributed by atoms with Gasteiger partial charge in [0.25, 0.3) is 0 Å². The normalized spacial score (nSPS) is 14.6. The molecular weight excluding hydrogens is 1030 g/mol. The van der Waals surface area contributed by atoms with Crippen LogP contribution >= 0.6 is 0 Å². The second kappa shape index (κ2) is 17.2. The molecular formula is C65H62N4Pt. The molecule has 2 heterocycles. The van der Waals surface area contributed by atoms with Crippen LogP contribution in [0, 0.1) is 67.0 Å². The van der Waals surface area contributed by atoms with Crippen molar-refractivity contribution in [2.45, 2.75) is 99.6 Å². The molecule has 4 nitrogen and oxygen atoms in total. The van der Waals surface area contributed by atoms with Gasteiger partial charge < -0.3 is 19.6 Å². The van der Waals surface area contributed by atoms with Crippen LogP contribution in [0.4, 0.5) is 34.1 Å². The van der Waals surface area contributed by atoms with Crippen LogP contribution in [0.2, 0.25) is 0 Å². The Balaban J connectivity index is 0.00000567. The Bertz CT molecular complexity index is 3100. The van der Waals surface area contributed by atoms with Crippen molar-refractivity contribution in [3.63, 3.8) is 0 Å². The SMILES string of the molecule is Cc1cc(C)c(-c2cc[c-]c(N3[CH-]N(C4(N5[CH-]N(c6[c-]ccc(-c7c(C)cc(C)cc7C)c6)c6ccccc65)c5ccc(C(C)(C)C)cc5-c5cc(C(C)(C)C)ccc54)c4ccccc43)c2)c(C)c1.[Pt+4]. The van der Waals surface area contributed by atoms with Gasteiger partial charge in [0.15, 0.2) is 0 Å². The fraction of sp³-hybridized carbons (Fsp3) is 0.231. The summed E-state index contributed by atoms with van der Waals surface area (Å²) in [6, 6.07) is 62.1. The van der Waals surface area contributed by atoms with Crippen LogP contribution in [0.5, 0.6) is 0 Å². The van der Waals surface area contributed by atoms with E-state index in [2.05, 4.69) is 274 Å². The fourth-order valence-electron chi connectivity index (χ4n) is 11.7. The predicted molar refractivity (Wildman–Crippen MR) is 291 cm³/mol. The van der Waals surface area contributed by atoms with Gasteiger partial charge in [0.2, 0.25) is 0 Å². The largest absolute Gasteiger partial charge is 4.00 e. The Morgan fingerprint density at radius 3 is 1.14 bits per heavy atom. The standard InChI is InChI=1S/C65H62N4.Pt/c1-41-31-43(3)61(44(4)32-41)47-19-17-21-51(35-47)66-39-68(59-25-15-13-23-57(59)66)65(55-29-27-49(63(7,8)9)37-53(55)54-38-50(64(10,11)12)28-30-56(54)65)69-40-67(58-24-14-16-26-60(58)69)52-22-18-20-48(36-52)62-45(5)33-42(2)34-46(62)6;/h13-20,23-40H,1-12H3;/q-4;+4. The fourth-order valence-corrected chi connectivity index (χ4v) is 11.7. The molecule has 3 aliphatic rings. The molecule has 0 amide bonds. The smallest absolute Gasteiger partial charge is 0.494 e. The van der Waals surface area contributed by atoms with E-state index in [1.165, 1.54) is 89.0 Å². The van der Waals surface area contributed by atoms with Gasteiger partial charge in [-0.2, -0.15) is 36.4 Å². The molecule has 0 aromatic heterocycles. The number of fused-ring (bicyclic) bond motifs is 5. The van der Waals surface area contributed by atoms with Crippen LogP contribution in [-0.2, 0) is 37.6 Å². The first kappa shape index (κ1) is 47.3. The minimum Gasteiger partial charge on any atom is -0.494 e. The van der Waals surface area contributed by atoms with Crippen LogP contribution < -0.4 is 19.6 Å². The minimum atomic E-state index is -0.892. The van der Waals surface area contributed by atoms with Crippen molar-refractivity contribution in [3.8, 4) is 33.4 Å². The third kappa shape index (κ3) is 7.52. The Hall–Kier alpha value is -6.35. The first-order chi connectivity index (χ1) is 32.9. The van der Waals surface area contributed by atoms with E-state index < -0.39 is 5.66 Å². The zero-order chi connectivity index (χ0) is 48.3. The quantitative estimate of drug-likeness (QED) is 0.154. The van der Waals surface area contributed by atoms with E-state index in [-0.39, 0.29) is 31.9 Å². The van der Waals surface area contributed by atoms with Crippen molar-refractivity contribution in [2.75, 3.05) is 19.6 Å². The summed E-state index contributed by atoms with van der Waals surface area (Å²) in [5.41, 5.74) is 25.6. The van der Waals surface area contributed by atoms with E-state index in [4.69, 9.17) is 0 Å². The molecule has 0 N–H and O–H groups in total. The van der Waals surface area contributed by atoms with Crippen molar-refractivity contribution in [3.05, 3.63) is 227 Å². The van der Waals surface area contributed by atoms with Gasteiger partial charge >= 0.3 is 21.1 Å². The molecule has 0 spiro atoms. The molecule has 1 aliphatic carbocycles. The molecule has 0 unspecified atom stereocenters. The predicted octanol–water partition coefficient (Wildman–Crippen LogP) is 16.8. The van der Waals surface area contributed by atoms with Crippen LogP contribution in [0.15, 0.2) is 146 Å².